The van der Waals surface area contributed by atoms with E-state index in [9.17, 15) is 21.6 Å². The molecule has 1 N–H and O–H groups in total. The van der Waals surface area contributed by atoms with Gasteiger partial charge in [0.1, 0.15) is 6.54 Å². The molecule has 0 spiro atoms. The number of hydrogen-bond acceptors (Lipinski definition) is 5. The van der Waals surface area contributed by atoms with Crippen molar-refractivity contribution in [2.75, 3.05) is 18.1 Å². The van der Waals surface area contributed by atoms with Gasteiger partial charge in [-0.25, -0.2) is 16.8 Å². The van der Waals surface area contributed by atoms with E-state index in [0.717, 1.165) is 4.31 Å². The highest BCUT2D eigenvalue weighted by Gasteiger charge is 2.40. The molecule has 1 heterocycles. The van der Waals surface area contributed by atoms with Crippen LogP contribution in [0.1, 0.15) is 20.3 Å². The number of hydrogen-bond donors (Lipinski definition) is 1. The number of carbonyl (C=O) groups is 1. The Bertz CT molecular complexity index is 521. The van der Waals surface area contributed by atoms with Crippen LogP contribution in [0.15, 0.2) is 0 Å². The lowest BCUT2D eigenvalue weighted by molar-refractivity contribution is -0.137. The summed E-state index contributed by atoms with van der Waals surface area (Å²) >= 11 is 0. The van der Waals surface area contributed by atoms with Crippen LogP contribution in [0.25, 0.3) is 0 Å². The van der Waals surface area contributed by atoms with Gasteiger partial charge in [0.2, 0.25) is 10.0 Å². The average Bonchev–Trinajstić information content (AvgIpc) is 2.54. The number of sulfonamides is 1. The first-order valence-electron chi connectivity index (χ1n) is 5.49. The molecule has 1 unspecified atom stereocenters. The SMILES string of the molecule is CC(C)S(=O)(=O)N(CC(=O)O)C1CCS(=O)(=O)C1. The molecule has 1 aliphatic heterocycles. The van der Waals surface area contributed by atoms with E-state index in [-0.39, 0.29) is 17.9 Å². The summed E-state index contributed by atoms with van der Waals surface area (Å²) in [7, 11) is -7.04. The Morgan fingerprint density at radius 2 is 2.00 bits per heavy atom. The molecule has 0 amide bonds. The summed E-state index contributed by atoms with van der Waals surface area (Å²) in [6.45, 7) is 2.18. The van der Waals surface area contributed by atoms with Gasteiger partial charge < -0.3 is 5.11 Å². The quantitative estimate of drug-likeness (QED) is 0.719. The molecular weight excluding hydrogens is 282 g/mol. The Labute approximate surface area is 107 Å². The summed E-state index contributed by atoms with van der Waals surface area (Å²) in [5, 5.41) is 7.99. The van der Waals surface area contributed by atoms with Crippen LogP contribution < -0.4 is 0 Å². The van der Waals surface area contributed by atoms with Crippen molar-refractivity contribution in [3.63, 3.8) is 0 Å². The number of rotatable bonds is 5. The van der Waals surface area contributed by atoms with Crippen molar-refractivity contribution in [2.24, 2.45) is 0 Å². The Hall–Kier alpha value is -0.670. The topological polar surface area (TPSA) is 109 Å². The summed E-state index contributed by atoms with van der Waals surface area (Å²) in [4.78, 5) is 10.7. The molecule has 0 aliphatic carbocycles. The summed E-state index contributed by atoms with van der Waals surface area (Å²) in [6.07, 6.45) is 0.154. The molecule has 0 aromatic carbocycles. The number of sulfone groups is 1. The number of aliphatic carboxylic acids is 1. The highest BCUT2D eigenvalue weighted by atomic mass is 32.2. The minimum atomic E-state index is -3.78. The van der Waals surface area contributed by atoms with Gasteiger partial charge in [-0.1, -0.05) is 0 Å². The van der Waals surface area contributed by atoms with Crippen molar-refractivity contribution in [1.29, 1.82) is 0 Å². The number of nitrogens with zero attached hydrogens (tertiary/aromatic N) is 1. The van der Waals surface area contributed by atoms with Crippen molar-refractivity contribution in [3.05, 3.63) is 0 Å². The van der Waals surface area contributed by atoms with Gasteiger partial charge in [-0.15, -0.1) is 0 Å². The van der Waals surface area contributed by atoms with Crippen molar-refractivity contribution in [1.82, 2.24) is 4.31 Å². The zero-order valence-corrected chi connectivity index (χ0v) is 11.9. The molecule has 9 heteroatoms. The third-order valence-corrected chi connectivity index (χ3v) is 6.85. The summed E-state index contributed by atoms with van der Waals surface area (Å²) in [5.41, 5.74) is 0. The second kappa shape index (κ2) is 5.14. The molecule has 7 nitrogen and oxygen atoms in total. The minimum Gasteiger partial charge on any atom is -0.480 e. The van der Waals surface area contributed by atoms with Gasteiger partial charge in [0, 0.05) is 6.04 Å². The molecule has 0 radical (unpaired) electrons. The highest BCUT2D eigenvalue weighted by molar-refractivity contribution is 7.92. The molecule has 0 bridgehead atoms. The monoisotopic (exact) mass is 299 g/mol. The van der Waals surface area contributed by atoms with E-state index in [0.29, 0.717) is 0 Å². The van der Waals surface area contributed by atoms with Crippen LogP contribution in [-0.2, 0) is 24.7 Å². The molecule has 18 heavy (non-hydrogen) atoms. The summed E-state index contributed by atoms with van der Waals surface area (Å²) < 4.78 is 47.6. The lowest BCUT2D eigenvalue weighted by atomic mass is 10.2. The standard InChI is InChI=1S/C9H17NO6S2/c1-7(2)18(15,16)10(5-9(11)12)8-3-4-17(13,14)6-8/h7-8H,3-6H2,1-2H3,(H,11,12). The second-order valence-electron chi connectivity index (χ2n) is 4.59. The van der Waals surface area contributed by atoms with Crippen molar-refractivity contribution in [3.8, 4) is 0 Å². The van der Waals surface area contributed by atoms with Gasteiger partial charge in [0.15, 0.2) is 9.84 Å². The Morgan fingerprint density at radius 3 is 2.33 bits per heavy atom. The number of carboxylic acid groups (broad SMARTS) is 1. The predicted molar refractivity (Wildman–Crippen MR) is 65.5 cm³/mol. The second-order valence-corrected chi connectivity index (χ2v) is 9.26. The van der Waals surface area contributed by atoms with E-state index in [1.54, 1.807) is 0 Å². The van der Waals surface area contributed by atoms with Crippen LogP contribution in [0.4, 0.5) is 0 Å². The van der Waals surface area contributed by atoms with E-state index in [1.807, 2.05) is 0 Å². The Balaban J connectivity index is 3.04. The van der Waals surface area contributed by atoms with E-state index >= 15 is 0 Å². The summed E-state index contributed by atoms with van der Waals surface area (Å²) in [6, 6.07) is -0.765. The molecule has 0 saturated carbocycles. The lowest BCUT2D eigenvalue weighted by Gasteiger charge is -2.27. The van der Waals surface area contributed by atoms with Gasteiger partial charge >= 0.3 is 5.97 Å². The Morgan fingerprint density at radius 1 is 1.44 bits per heavy atom. The van der Waals surface area contributed by atoms with Gasteiger partial charge in [-0.2, -0.15) is 4.31 Å². The van der Waals surface area contributed by atoms with Crippen LogP contribution in [0, 0.1) is 0 Å². The molecule has 1 rings (SSSR count). The maximum atomic E-state index is 12.0. The smallest absolute Gasteiger partial charge is 0.318 e. The van der Waals surface area contributed by atoms with Crippen LogP contribution in [-0.4, -0.2) is 61.6 Å². The fourth-order valence-electron chi connectivity index (χ4n) is 1.83. The van der Waals surface area contributed by atoms with Crippen LogP contribution in [0.5, 0.6) is 0 Å². The highest BCUT2D eigenvalue weighted by Crippen LogP contribution is 2.22. The third-order valence-electron chi connectivity index (χ3n) is 2.83. The molecule has 106 valence electrons. The molecule has 1 saturated heterocycles. The van der Waals surface area contributed by atoms with Crippen molar-refractivity contribution < 1.29 is 26.7 Å². The van der Waals surface area contributed by atoms with E-state index in [1.165, 1.54) is 13.8 Å². The fourth-order valence-corrected chi connectivity index (χ4v) is 5.09. The number of carboxylic acids is 1. The van der Waals surface area contributed by atoms with Gasteiger partial charge in [-0.05, 0) is 20.3 Å². The maximum absolute atomic E-state index is 12.0. The maximum Gasteiger partial charge on any atom is 0.318 e. The first-order valence-corrected chi connectivity index (χ1v) is 8.81. The lowest BCUT2D eigenvalue weighted by Crippen LogP contribution is -2.46. The molecule has 1 atom stereocenters. The van der Waals surface area contributed by atoms with Gasteiger partial charge in [-0.3, -0.25) is 4.79 Å². The largest absolute Gasteiger partial charge is 0.480 e. The molecule has 0 aromatic heterocycles. The van der Waals surface area contributed by atoms with E-state index < -0.39 is 43.7 Å². The van der Waals surface area contributed by atoms with Crippen LogP contribution >= 0.6 is 0 Å². The fraction of sp³-hybridized carbons (Fsp3) is 0.889. The van der Waals surface area contributed by atoms with E-state index in [4.69, 9.17) is 5.11 Å². The van der Waals surface area contributed by atoms with Gasteiger partial charge in [0.25, 0.3) is 0 Å². The Kier molecular flexibility index (Phi) is 4.39. The zero-order valence-electron chi connectivity index (χ0n) is 10.2. The van der Waals surface area contributed by atoms with Crippen LogP contribution in [0.2, 0.25) is 0 Å². The molecule has 1 fully saturated rings. The first kappa shape index (κ1) is 15.4. The normalized spacial score (nSPS) is 23.7. The third kappa shape index (κ3) is 3.42. The van der Waals surface area contributed by atoms with E-state index in [2.05, 4.69) is 0 Å². The summed E-state index contributed by atoms with van der Waals surface area (Å²) in [5.74, 6) is -1.68. The molecule has 0 aromatic rings. The van der Waals surface area contributed by atoms with Crippen molar-refractivity contribution in [2.45, 2.75) is 31.6 Å². The first-order chi connectivity index (χ1) is 8.06. The molecule has 1 aliphatic rings. The average molecular weight is 299 g/mol. The minimum absolute atomic E-state index is 0.0958. The zero-order chi connectivity index (χ0) is 14.1. The van der Waals surface area contributed by atoms with Gasteiger partial charge in [0.05, 0.1) is 16.8 Å². The van der Waals surface area contributed by atoms with Crippen molar-refractivity contribution >= 4 is 25.8 Å². The van der Waals surface area contributed by atoms with Crippen LogP contribution in [0.3, 0.4) is 0 Å². The predicted octanol–water partition coefficient (Wildman–Crippen LogP) is -0.702. The molecular formula is C9H17NO6S2.